The number of aliphatic imine (C=N–C) groups is 1. The minimum absolute atomic E-state index is 0.0309. The van der Waals surface area contributed by atoms with Gasteiger partial charge in [-0.1, -0.05) is 82.0 Å². The quantitative estimate of drug-likeness (QED) is 0.477. The number of allylic oxidation sites excluding steroid dienone is 5. The van der Waals surface area contributed by atoms with Crippen LogP contribution in [0.3, 0.4) is 0 Å². The summed E-state index contributed by atoms with van der Waals surface area (Å²) in [6.45, 7) is 13.8. The Morgan fingerprint density at radius 1 is 1.25 bits per heavy atom. The number of carbonyl (C=O) groups excluding carboxylic acids is 1. The molecular weight excluding hydrogens is 294 g/mol. The van der Waals surface area contributed by atoms with Gasteiger partial charge in [-0.15, -0.1) is 0 Å². The van der Waals surface area contributed by atoms with Gasteiger partial charge >= 0.3 is 0 Å². The van der Waals surface area contributed by atoms with Crippen LogP contribution in [-0.2, 0) is 4.79 Å². The molecule has 0 radical (unpaired) electrons. The molecule has 0 aliphatic rings. The maximum absolute atomic E-state index is 12.5. The second-order valence-corrected chi connectivity index (χ2v) is 7.08. The van der Waals surface area contributed by atoms with Crippen molar-refractivity contribution in [3.63, 3.8) is 0 Å². The van der Waals surface area contributed by atoms with Gasteiger partial charge in [0.25, 0.3) is 0 Å². The first-order chi connectivity index (χ1) is 11.3. The molecule has 2 heteroatoms. The molecule has 0 aromatic heterocycles. The van der Waals surface area contributed by atoms with Gasteiger partial charge in [0.2, 0.25) is 0 Å². The van der Waals surface area contributed by atoms with Gasteiger partial charge < -0.3 is 0 Å². The van der Waals surface area contributed by atoms with Crippen LogP contribution < -0.4 is 0 Å². The van der Waals surface area contributed by atoms with Gasteiger partial charge in [-0.05, 0) is 24.8 Å². The summed E-state index contributed by atoms with van der Waals surface area (Å²) in [7, 11) is 0. The maximum atomic E-state index is 12.5. The lowest BCUT2D eigenvalue weighted by atomic mass is 9.88. The minimum atomic E-state index is -0.377. The summed E-state index contributed by atoms with van der Waals surface area (Å²) in [5, 5.41) is 0. The Bertz CT molecular complexity index is 642. The minimum Gasteiger partial charge on any atom is -0.297 e. The van der Waals surface area contributed by atoms with E-state index < -0.39 is 0 Å². The van der Waals surface area contributed by atoms with Crippen molar-refractivity contribution < 1.29 is 4.79 Å². The van der Waals surface area contributed by atoms with E-state index in [0.717, 1.165) is 16.8 Å². The zero-order valence-corrected chi connectivity index (χ0v) is 15.5. The van der Waals surface area contributed by atoms with E-state index in [4.69, 9.17) is 4.99 Å². The van der Waals surface area contributed by atoms with E-state index in [0.29, 0.717) is 6.42 Å². The molecule has 24 heavy (non-hydrogen) atoms. The van der Waals surface area contributed by atoms with Crippen molar-refractivity contribution in [3.05, 3.63) is 72.4 Å². The summed E-state index contributed by atoms with van der Waals surface area (Å²) in [5.74, 6) is 0.161. The molecule has 2 nitrogen and oxygen atoms in total. The average Bonchev–Trinajstić information content (AvgIpc) is 2.51. The van der Waals surface area contributed by atoms with Crippen molar-refractivity contribution in [2.45, 2.75) is 47.1 Å². The smallest absolute Gasteiger partial charge is 0.157 e. The van der Waals surface area contributed by atoms with E-state index in [1.165, 1.54) is 0 Å². The molecule has 0 saturated heterocycles. The number of nitrogens with zero attached hydrogens (tertiary/aromatic N) is 1. The molecule has 1 rings (SSSR count). The maximum Gasteiger partial charge on any atom is 0.157 e. The highest BCUT2D eigenvalue weighted by atomic mass is 16.1. The number of rotatable bonds is 7. The van der Waals surface area contributed by atoms with Gasteiger partial charge in [-0.25, -0.2) is 0 Å². The van der Waals surface area contributed by atoms with E-state index in [9.17, 15) is 4.79 Å². The van der Waals surface area contributed by atoms with Gasteiger partial charge in [0.1, 0.15) is 6.04 Å². The molecule has 1 aromatic rings. The molecule has 0 spiro atoms. The summed E-state index contributed by atoms with van der Waals surface area (Å²) in [5.41, 5.74) is 2.74. The van der Waals surface area contributed by atoms with Crippen molar-refractivity contribution in [2.24, 2.45) is 10.4 Å². The van der Waals surface area contributed by atoms with Crippen molar-refractivity contribution in [1.29, 1.82) is 0 Å². The first kappa shape index (κ1) is 19.8. The highest BCUT2D eigenvalue weighted by Gasteiger charge is 2.21. The van der Waals surface area contributed by atoms with Crippen LogP contribution in [-0.4, -0.2) is 17.5 Å². The Hall–Kier alpha value is -2.22. The van der Waals surface area contributed by atoms with Crippen LogP contribution in [0.1, 0.15) is 46.6 Å². The van der Waals surface area contributed by atoms with E-state index in [2.05, 4.69) is 27.4 Å². The number of Topliss-reactive ketones (excluding diaryl/α,β-unsaturated/α-hetero) is 1. The van der Waals surface area contributed by atoms with Crippen LogP contribution in [0.15, 0.2) is 71.8 Å². The molecule has 0 bridgehead atoms. The van der Waals surface area contributed by atoms with Gasteiger partial charge in [0.15, 0.2) is 5.78 Å². The van der Waals surface area contributed by atoms with Gasteiger partial charge in [0.05, 0.1) is 5.71 Å². The van der Waals surface area contributed by atoms with Crippen LogP contribution in [0.25, 0.3) is 0 Å². The summed E-state index contributed by atoms with van der Waals surface area (Å²) in [6.07, 6.45) is 8.15. The summed E-state index contributed by atoms with van der Waals surface area (Å²) in [4.78, 5) is 17.3. The topological polar surface area (TPSA) is 29.4 Å². The summed E-state index contributed by atoms with van der Waals surface area (Å²) < 4.78 is 0. The number of carbonyl (C=O) groups is 1. The van der Waals surface area contributed by atoms with E-state index in [-0.39, 0.29) is 17.2 Å². The number of ketones is 1. The fourth-order valence-electron chi connectivity index (χ4n) is 2.37. The second kappa shape index (κ2) is 9.17. The highest BCUT2D eigenvalue weighted by molar-refractivity contribution is 6.15. The molecule has 0 aliphatic carbocycles. The largest absolute Gasteiger partial charge is 0.297 e. The van der Waals surface area contributed by atoms with Crippen molar-refractivity contribution in [2.75, 3.05) is 0 Å². The van der Waals surface area contributed by atoms with Gasteiger partial charge in [-0.3, -0.25) is 9.79 Å². The molecule has 0 amide bonds. The van der Waals surface area contributed by atoms with E-state index >= 15 is 0 Å². The molecule has 0 fully saturated rings. The van der Waals surface area contributed by atoms with Crippen molar-refractivity contribution in [1.82, 2.24) is 0 Å². The van der Waals surface area contributed by atoms with E-state index in [1.807, 2.05) is 62.4 Å². The molecule has 128 valence electrons. The first-order valence-electron chi connectivity index (χ1n) is 8.40. The number of benzene rings is 1. The molecule has 0 unspecified atom stereocenters. The molecule has 0 heterocycles. The van der Waals surface area contributed by atoms with Crippen LogP contribution in [0.5, 0.6) is 0 Å². The monoisotopic (exact) mass is 323 g/mol. The molecule has 0 aliphatic heterocycles. The zero-order valence-electron chi connectivity index (χ0n) is 15.5. The number of hydrogen-bond acceptors (Lipinski definition) is 2. The highest BCUT2D eigenvalue weighted by Crippen LogP contribution is 2.21. The zero-order chi connectivity index (χ0) is 18.2. The van der Waals surface area contributed by atoms with Crippen molar-refractivity contribution in [3.8, 4) is 0 Å². The lowest BCUT2D eigenvalue weighted by molar-refractivity contribution is -0.121. The lowest BCUT2D eigenvalue weighted by Crippen LogP contribution is -2.23. The predicted molar refractivity (Wildman–Crippen MR) is 105 cm³/mol. The van der Waals surface area contributed by atoms with Gasteiger partial charge in [0, 0.05) is 12.0 Å². The molecule has 1 atom stereocenters. The lowest BCUT2D eigenvalue weighted by Gasteiger charge is -2.19. The number of hydrogen-bond donors (Lipinski definition) is 0. The third kappa shape index (κ3) is 6.49. The predicted octanol–water partition coefficient (Wildman–Crippen LogP) is 5.56. The Morgan fingerprint density at radius 2 is 1.88 bits per heavy atom. The summed E-state index contributed by atoms with van der Waals surface area (Å²) in [6, 6.07) is 9.59. The fraction of sp³-hybridized carbons (Fsp3) is 0.364. The third-order valence-electron chi connectivity index (χ3n) is 3.46. The summed E-state index contributed by atoms with van der Waals surface area (Å²) >= 11 is 0. The molecule has 0 saturated carbocycles. The molecule has 0 N–H and O–H groups in total. The van der Waals surface area contributed by atoms with Crippen molar-refractivity contribution >= 4 is 11.5 Å². The van der Waals surface area contributed by atoms with Gasteiger partial charge in [-0.2, -0.15) is 0 Å². The second-order valence-electron chi connectivity index (χ2n) is 7.08. The molecule has 1 aromatic carbocycles. The average molecular weight is 323 g/mol. The molecular formula is C22H29NO. The van der Waals surface area contributed by atoms with E-state index in [1.54, 1.807) is 6.08 Å². The Labute approximate surface area is 146 Å². The fourth-order valence-corrected chi connectivity index (χ4v) is 2.37. The SMILES string of the molecule is C=C/C=C(\C=C/C)C(=N[C@@H](C)C(=O)CC(C)(C)C)c1ccccc1. The third-order valence-corrected chi connectivity index (χ3v) is 3.46. The van der Waals surface area contributed by atoms with Crippen LogP contribution in [0.4, 0.5) is 0 Å². The standard InChI is InChI=1S/C22H29NO/c1-7-12-18(13-8-2)21(19-14-10-9-11-15-19)23-17(3)20(24)16-22(4,5)6/h7-15,17H,1,16H2,2-6H3/b13-8-,18-12+,23-21?/t17-/m0/s1. The Kier molecular flexibility index (Phi) is 7.57. The Morgan fingerprint density at radius 3 is 2.38 bits per heavy atom. The normalized spacial score (nSPS) is 14.7. The van der Waals surface area contributed by atoms with Crippen LogP contribution in [0, 0.1) is 5.41 Å². The first-order valence-corrected chi connectivity index (χ1v) is 8.40. The van der Waals surface area contributed by atoms with Crippen LogP contribution >= 0.6 is 0 Å². The van der Waals surface area contributed by atoms with Crippen LogP contribution in [0.2, 0.25) is 0 Å². The Balaban J connectivity index is 3.29.